The first-order chi connectivity index (χ1) is 27.4. The Balaban J connectivity index is 1.69. The van der Waals surface area contributed by atoms with Gasteiger partial charge < -0.3 is 24.4 Å². The van der Waals surface area contributed by atoms with E-state index >= 15 is 0 Å². The van der Waals surface area contributed by atoms with Gasteiger partial charge in [-0.25, -0.2) is 9.59 Å². The van der Waals surface area contributed by atoms with Crippen LogP contribution in [0.25, 0.3) is 22.3 Å². The Morgan fingerprint density at radius 2 is 1.25 bits per heavy atom. The lowest BCUT2D eigenvalue weighted by atomic mass is 9.79. The van der Waals surface area contributed by atoms with Gasteiger partial charge in [-0.05, 0) is 140 Å². The number of rotatable bonds is 23. The zero-order chi connectivity index (χ0) is 41.4. The highest BCUT2D eigenvalue weighted by Crippen LogP contribution is 2.39. The highest BCUT2D eigenvalue weighted by Gasteiger charge is 2.29. The maximum atomic E-state index is 12.2. The molecule has 7 nitrogen and oxygen atoms in total. The number of aliphatic hydroxyl groups is 2. The molecule has 0 spiro atoms. The third-order valence-corrected chi connectivity index (χ3v) is 11.7. The van der Waals surface area contributed by atoms with Crippen LogP contribution in [-0.2, 0) is 38.3 Å². The van der Waals surface area contributed by atoms with Crippen molar-refractivity contribution in [2.45, 2.75) is 124 Å². The minimum atomic E-state index is -0.628. The lowest BCUT2D eigenvalue weighted by Crippen LogP contribution is -2.32. The first-order valence-corrected chi connectivity index (χ1v) is 21.3. The van der Waals surface area contributed by atoms with E-state index in [0.717, 1.165) is 53.2 Å². The molecule has 0 amide bonds. The second-order valence-corrected chi connectivity index (χ2v) is 16.5. The monoisotopic (exact) mass is 780 g/mol. The molecule has 0 unspecified atom stereocenters. The molecule has 1 aliphatic rings. The smallest absolute Gasteiger partial charge is 0.333 e. The van der Waals surface area contributed by atoms with Crippen LogP contribution in [0.4, 0.5) is 0 Å². The van der Waals surface area contributed by atoms with Gasteiger partial charge in [0.1, 0.15) is 5.75 Å². The summed E-state index contributed by atoms with van der Waals surface area (Å²) in [6.45, 7) is 17.9. The SMILES string of the molecule is C=C(C)C(=O)OCCCc1cc(-c2ccc(-c3ccc(C4CCC(C)CC4)cc3)c(CC)c2)cc(CCCOC(=O)C(=C)C)c1OCCC(CO)(CO)CCCC. The van der Waals surface area contributed by atoms with Crippen molar-refractivity contribution in [1.82, 2.24) is 0 Å². The number of hydrogen-bond donors (Lipinski definition) is 2. The highest BCUT2D eigenvalue weighted by atomic mass is 16.5. The van der Waals surface area contributed by atoms with Crippen LogP contribution in [0.3, 0.4) is 0 Å². The largest absolute Gasteiger partial charge is 0.493 e. The molecule has 0 bridgehead atoms. The van der Waals surface area contributed by atoms with Crippen LogP contribution < -0.4 is 4.74 Å². The molecule has 0 aromatic heterocycles. The van der Waals surface area contributed by atoms with Crippen LogP contribution in [0.2, 0.25) is 0 Å². The lowest BCUT2D eigenvalue weighted by Gasteiger charge is -2.30. The van der Waals surface area contributed by atoms with Gasteiger partial charge in [0.05, 0.1) is 33.0 Å². The third-order valence-electron chi connectivity index (χ3n) is 11.7. The van der Waals surface area contributed by atoms with Gasteiger partial charge in [0.25, 0.3) is 0 Å². The van der Waals surface area contributed by atoms with Crippen molar-refractivity contribution >= 4 is 11.9 Å². The van der Waals surface area contributed by atoms with Crippen molar-refractivity contribution in [3.63, 3.8) is 0 Å². The number of carbonyl (C=O) groups excluding carboxylic acids is 2. The second-order valence-electron chi connectivity index (χ2n) is 16.5. The summed E-state index contributed by atoms with van der Waals surface area (Å²) in [5, 5.41) is 20.6. The van der Waals surface area contributed by atoms with E-state index in [0.29, 0.717) is 62.2 Å². The molecule has 0 heterocycles. The van der Waals surface area contributed by atoms with E-state index in [1.165, 1.54) is 47.9 Å². The van der Waals surface area contributed by atoms with Gasteiger partial charge in [0, 0.05) is 16.6 Å². The lowest BCUT2D eigenvalue weighted by molar-refractivity contribution is -0.139. The van der Waals surface area contributed by atoms with Crippen LogP contribution >= 0.6 is 0 Å². The van der Waals surface area contributed by atoms with Gasteiger partial charge in [-0.3, -0.25) is 0 Å². The van der Waals surface area contributed by atoms with E-state index in [1.807, 2.05) is 0 Å². The summed E-state index contributed by atoms with van der Waals surface area (Å²) in [6.07, 6.45) is 11.5. The Morgan fingerprint density at radius 3 is 1.75 bits per heavy atom. The topological polar surface area (TPSA) is 102 Å². The van der Waals surface area contributed by atoms with Crippen molar-refractivity contribution < 1.29 is 34.0 Å². The van der Waals surface area contributed by atoms with E-state index in [9.17, 15) is 19.8 Å². The van der Waals surface area contributed by atoms with E-state index < -0.39 is 17.4 Å². The fraction of sp³-hybridized carbons (Fsp3) is 0.520. The van der Waals surface area contributed by atoms with Gasteiger partial charge in [-0.15, -0.1) is 0 Å². The van der Waals surface area contributed by atoms with Crippen molar-refractivity contribution in [3.8, 4) is 28.0 Å². The number of aryl methyl sites for hydroxylation is 3. The Hall–Kier alpha value is -4.20. The van der Waals surface area contributed by atoms with E-state index in [4.69, 9.17) is 14.2 Å². The fourth-order valence-corrected chi connectivity index (χ4v) is 7.87. The molecule has 57 heavy (non-hydrogen) atoms. The maximum absolute atomic E-state index is 12.2. The normalized spacial score (nSPS) is 15.6. The minimum Gasteiger partial charge on any atom is -0.493 e. The summed E-state index contributed by atoms with van der Waals surface area (Å²) < 4.78 is 17.6. The van der Waals surface area contributed by atoms with Crippen molar-refractivity contribution in [3.05, 3.63) is 101 Å². The van der Waals surface area contributed by atoms with Gasteiger partial charge in [-0.1, -0.05) is 102 Å². The summed E-state index contributed by atoms with van der Waals surface area (Å²) in [7, 11) is 0. The molecule has 0 radical (unpaired) electrons. The van der Waals surface area contributed by atoms with Gasteiger partial charge >= 0.3 is 11.9 Å². The molecule has 3 aromatic carbocycles. The average molecular weight is 781 g/mol. The van der Waals surface area contributed by atoms with Crippen LogP contribution in [0.5, 0.6) is 5.75 Å². The number of esters is 2. The maximum Gasteiger partial charge on any atom is 0.333 e. The third kappa shape index (κ3) is 13.2. The quantitative estimate of drug-likeness (QED) is 0.0561. The van der Waals surface area contributed by atoms with Gasteiger partial charge in [0.2, 0.25) is 0 Å². The molecule has 4 rings (SSSR count). The summed E-state index contributed by atoms with van der Waals surface area (Å²) >= 11 is 0. The zero-order valence-electron chi connectivity index (χ0n) is 35.4. The fourth-order valence-electron chi connectivity index (χ4n) is 7.87. The Bertz CT molecular complexity index is 1720. The summed E-state index contributed by atoms with van der Waals surface area (Å²) in [5.74, 6) is 1.41. The molecule has 2 N–H and O–H groups in total. The summed E-state index contributed by atoms with van der Waals surface area (Å²) in [5.41, 5.74) is 9.39. The van der Waals surface area contributed by atoms with Crippen molar-refractivity contribution in [1.29, 1.82) is 0 Å². The number of benzene rings is 3. The summed E-state index contributed by atoms with van der Waals surface area (Å²) in [6, 6.07) is 20.3. The summed E-state index contributed by atoms with van der Waals surface area (Å²) in [4.78, 5) is 24.4. The molecule has 0 aliphatic heterocycles. The number of hydrogen-bond acceptors (Lipinski definition) is 7. The predicted octanol–water partition coefficient (Wildman–Crippen LogP) is 10.9. The van der Waals surface area contributed by atoms with Crippen molar-refractivity contribution in [2.24, 2.45) is 11.3 Å². The molecule has 310 valence electrons. The minimum absolute atomic E-state index is 0.118. The number of ether oxygens (including phenoxy) is 3. The first kappa shape index (κ1) is 45.5. The highest BCUT2D eigenvalue weighted by molar-refractivity contribution is 5.87. The molecule has 0 atom stereocenters. The molecular formula is C50H68O7. The molecule has 0 saturated heterocycles. The predicted molar refractivity (Wildman–Crippen MR) is 231 cm³/mol. The van der Waals surface area contributed by atoms with Crippen molar-refractivity contribution in [2.75, 3.05) is 33.0 Å². The first-order valence-electron chi connectivity index (χ1n) is 21.3. The molecular weight excluding hydrogens is 713 g/mol. The average Bonchev–Trinajstić information content (AvgIpc) is 3.22. The number of aliphatic hydroxyl groups excluding tert-OH is 2. The van der Waals surface area contributed by atoms with Crippen LogP contribution in [0, 0.1) is 11.3 Å². The van der Waals surface area contributed by atoms with E-state index in [-0.39, 0.29) is 26.4 Å². The second kappa shape index (κ2) is 22.7. The molecule has 1 saturated carbocycles. The Labute approximate surface area is 342 Å². The number of unbranched alkanes of at least 4 members (excludes halogenated alkanes) is 1. The van der Waals surface area contributed by atoms with Crippen LogP contribution in [0.1, 0.15) is 127 Å². The molecule has 1 aliphatic carbocycles. The van der Waals surface area contributed by atoms with Gasteiger partial charge in [-0.2, -0.15) is 0 Å². The van der Waals surface area contributed by atoms with Crippen LogP contribution in [-0.4, -0.2) is 55.2 Å². The van der Waals surface area contributed by atoms with Crippen LogP contribution in [0.15, 0.2) is 78.9 Å². The molecule has 3 aromatic rings. The standard InChI is InChI=1S/C50H68O7/c1-8-10-25-50(33-51,34-52)26-29-55-47-43(13-11-27-56-48(53)35(3)4)31-45(32-44(47)14-12-28-57-49(54)36(5)6)42-23-24-46(38(9-2)30-42)41-21-19-40(20-22-41)39-17-15-37(7)16-18-39/h19-24,30-32,37,39,51-52H,3,5,8-18,25-29,33-34H2,1-2,4,6-7H3. The van der Waals surface area contributed by atoms with E-state index in [1.54, 1.807) is 13.8 Å². The van der Waals surface area contributed by atoms with E-state index in [2.05, 4.69) is 88.5 Å². The number of carbonyl (C=O) groups is 2. The zero-order valence-corrected chi connectivity index (χ0v) is 35.4. The Kier molecular flexibility index (Phi) is 18.1. The van der Waals surface area contributed by atoms with Gasteiger partial charge in [0.15, 0.2) is 0 Å². The Morgan fingerprint density at radius 1 is 0.702 bits per heavy atom. The molecule has 7 heteroatoms. The molecule has 1 fully saturated rings.